The fourth-order valence-electron chi connectivity index (χ4n) is 3.62. The molecule has 4 rings (SSSR count). The molecule has 31 heavy (non-hydrogen) atoms. The molecule has 162 valence electrons. The summed E-state index contributed by atoms with van der Waals surface area (Å²) >= 11 is 1.53. The summed E-state index contributed by atoms with van der Waals surface area (Å²) in [6.45, 7) is -0.0727. The number of hydrogen-bond acceptors (Lipinski definition) is 5. The molecule has 0 fully saturated rings. The smallest absolute Gasteiger partial charge is 0.416 e. The van der Waals surface area contributed by atoms with Gasteiger partial charge in [0, 0.05) is 17.8 Å². The average molecular weight is 447 g/mol. The van der Waals surface area contributed by atoms with Crippen LogP contribution >= 0.6 is 11.3 Å². The molecular formula is C22H20F3N3O2S. The van der Waals surface area contributed by atoms with E-state index in [9.17, 15) is 18.0 Å². The van der Waals surface area contributed by atoms with Crippen molar-refractivity contribution in [3.05, 3.63) is 81.9 Å². The van der Waals surface area contributed by atoms with Crippen LogP contribution < -0.4 is 0 Å². The maximum atomic E-state index is 13.3. The lowest BCUT2D eigenvalue weighted by Crippen LogP contribution is -2.36. The molecule has 1 unspecified atom stereocenters. The van der Waals surface area contributed by atoms with Crippen molar-refractivity contribution in [3.63, 3.8) is 0 Å². The van der Waals surface area contributed by atoms with E-state index in [1.165, 1.54) is 28.5 Å². The second-order valence-corrected chi connectivity index (χ2v) is 8.30. The number of halogens is 3. The highest BCUT2D eigenvalue weighted by atomic mass is 32.1. The summed E-state index contributed by atoms with van der Waals surface area (Å²) in [5.74, 6) is 0.316. The highest BCUT2D eigenvalue weighted by Gasteiger charge is 2.36. The molecule has 1 aliphatic rings. The van der Waals surface area contributed by atoms with Crippen molar-refractivity contribution in [2.45, 2.75) is 25.2 Å². The third-order valence-corrected chi connectivity index (χ3v) is 5.98. The number of carbonyl (C=O) groups excluding carboxylic acids is 1. The summed E-state index contributed by atoms with van der Waals surface area (Å²) in [5, 5.41) is 7.85. The molecule has 1 atom stereocenters. The second-order valence-electron chi connectivity index (χ2n) is 7.32. The first-order valence-corrected chi connectivity index (χ1v) is 10.5. The van der Waals surface area contributed by atoms with E-state index < -0.39 is 11.7 Å². The molecule has 1 aromatic carbocycles. The van der Waals surface area contributed by atoms with Gasteiger partial charge in [0.05, 0.1) is 24.4 Å². The lowest BCUT2D eigenvalue weighted by Gasteiger charge is -2.24. The zero-order chi connectivity index (χ0) is 22.0. The minimum absolute atomic E-state index is 0.00626. The maximum Gasteiger partial charge on any atom is 0.416 e. The van der Waals surface area contributed by atoms with Gasteiger partial charge in [0.25, 0.3) is 5.91 Å². The van der Waals surface area contributed by atoms with Gasteiger partial charge in [-0.25, -0.2) is 5.01 Å². The van der Waals surface area contributed by atoms with Gasteiger partial charge in [-0.1, -0.05) is 24.3 Å². The molecule has 1 amide bonds. The molecule has 9 heteroatoms. The molecule has 0 N–H and O–H groups in total. The van der Waals surface area contributed by atoms with Crippen LogP contribution in [0.3, 0.4) is 0 Å². The molecule has 0 saturated heterocycles. The van der Waals surface area contributed by atoms with Crippen LogP contribution in [-0.2, 0) is 17.5 Å². The van der Waals surface area contributed by atoms with E-state index in [1.54, 1.807) is 36.4 Å². The number of alkyl halides is 3. The van der Waals surface area contributed by atoms with Gasteiger partial charge >= 0.3 is 6.18 Å². The van der Waals surface area contributed by atoms with Crippen molar-refractivity contribution in [2.24, 2.45) is 5.10 Å². The number of carbonyl (C=O) groups is 1. The lowest BCUT2D eigenvalue weighted by molar-refractivity contribution is -0.138. The summed E-state index contributed by atoms with van der Waals surface area (Å²) < 4.78 is 45.3. The fraction of sp³-hybridized carbons (Fsp3) is 0.273. The van der Waals surface area contributed by atoms with Crippen LogP contribution in [0, 0.1) is 0 Å². The Morgan fingerprint density at radius 3 is 2.71 bits per heavy atom. The summed E-state index contributed by atoms with van der Waals surface area (Å²) in [4.78, 5) is 15.6. The van der Waals surface area contributed by atoms with Gasteiger partial charge in [-0.15, -0.1) is 11.3 Å². The third kappa shape index (κ3) is 4.72. The molecule has 0 bridgehead atoms. The van der Waals surface area contributed by atoms with E-state index in [0.717, 1.165) is 10.9 Å². The van der Waals surface area contributed by atoms with Crippen LogP contribution in [0.4, 0.5) is 13.2 Å². The first-order chi connectivity index (χ1) is 14.8. The first kappa shape index (κ1) is 21.3. The summed E-state index contributed by atoms with van der Waals surface area (Å²) in [6.07, 6.45) is -2.38. The monoisotopic (exact) mass is 447 g/mol. The van der Waals surface area contributed by atoms with E-state index in [4.69, 9.17) is 4.42 Å². The van der Waals surface area contributed by atoms with E-state index in [2.05, 4.69) is 5.10 Å². The normalized spacial score (nSPS) is 16.7. The molecule has 0 saturated carbocycles. The Labute approximate surface area is 181 Å². The summed E-state index contributed by atoms with van der Waals surface area (Å²) in [7, 11) is 1.62. The van der Waals surface area contributed by atoms with Crippen molar-refractivity contribution < 1.29 is 22.4 Å². The zero-order valence-corrected chi connectivity index (χ0v) is 17.5. The van der Waals surface area contributed by atoms with Crippen molar-refractivity contribution in [1.29, 1.82) is 0 Å². The Morgan fingerprint density at radius 1 is 1.23 bits per heavy atom. The number of likely N-dealkylation sites (N-methyl/N-ethyl adjacent to an activating group) is 1. The van der Waals surface area contributed by atoms with Gasteiger partial charge in [-0.2, -0.15) is 18.3 Å². The van der Waals surface area contributed by atoms with Gasteiger partial charge in [0.1, 0.15) is 11.5 Å². The van der Waals surface area contributed by atoms with E-state index in [-0.39, 0.29) is 30.6 Å². The second kappa shape index (κ2) is 8.68. The van der Waals surface area contributed by atoms with Crippen LogP contribution in [0.2, 0.25) is 0 Å². The van der Waals surface area contributed by atoms with Gasteiger partial charge < -0.3 is 4.42 Å². The first-order valence-electron chi connectivity index (χ1n) is 9.63. The van der Waals surface area contributed by atoms with Crippen molar-refractivity contribution >= 4 is 23.0 Å². The number of rotatable bonds is 6. The number of nitrogens with zero attached hydrogens (tertiary/aromatic N) is 3. The van der Waals surface area contributed by atoms with Crippen LogP contribution in [-0.4, -0.2) is 35.1 Å². The number of benzene rings is 1. The quantitative estimate of drug-likeness (QED) is 0.524. The predicted molar refractivity (Wildman–Crippen MR) is 112 cm³/mol. The van der Waals surface area contributed by atoms with Crippen LogP contribution in [0.5, 0.6) is 0 Å². The van der Waals surface area contributed by atoms with Gasteiger partial charge in [-0.05, 0) is 42.3 Å². The van der Waals surface area contributed by atoms with E-state index >= 15 is 0 Å². The van der Waals surface area contributed by atoms with Crippen molar-refractivity contribution in [2.75, 3.05) is 13.6 Å². The molecule has 0 spiro atoms. The standard InChI is InChI=1S/C22H20F3N3O2S/c1-27(13-15-6-2-3-7-16(15)22(23,24)25)14-21(29)28-18(20-9-5-11-31-20)12-17(26-28)19-8-4-10-30-19/h2-11,18H,12-14H2,1H3. The Balaban J connectivity index is 1.51. The average Bonchev–Trinajstić information content (AvgIpc) is 3.47. The van der Waals surface area contributed by atoms with Gasteiger partial charge in [0.2, 0.25) is 0 Å². The molecule has 3 heterocycles. The largest absolute Gasteiger partial charge is 0.463 e. The minimum atomic E-state index is -4.44. The molecule has 0 aliphatic carbocycles. The summed E-state index contributed by atoms with van der Waals surface area (Å²) in [6, 6.07) is 12.6. The zero-order valence-electron chi connectivity index (χ0n) is 16.7. The lowest BCUT2D eigenvalue weighted by atomic mass is 10.1. The van der Waals surface area contributed by atoms with E-state index in [0.29, 0.717) is 17.9 Å². The number of thiophene rings is 1. The molecule has 0 radical (unpaired) electrons. The van der Waals surface area contributed by atoms with E-state index in [1.807, 2.05) is 17.5 Å². The third-order valence-electron chi connectivity index (χ3n) is 5.01. The van der Waals surface area contributed by atoms with Gasteiger partial charge in [-0.3, -0.25) is 9.69 Å². The Hall–Kier alpha value is -2.91. The molecule has 5 nitrogen and oxygen atoms in total. The predicted octanol–water partition coefficient (Wildman–Crippen LogP) is 5.17. The minimum Gasteiger partial charge on any atom is -0.463 e. The van der Waals surface area contributed by atoms with Crippen LogP contribution in [0.25, 0.3) is 0 Å². The number of furan rings is 1. The number of hydrazone groups is 1. The Kier molecular flexibility index (Phi) is 5.97. The number of hydrogen-bond donors (Lipinski definition) is 0. The Bertz CT molecular complexity index is 1060. The van der Waals surface area contributed by atoms with Crippen LogP contribution in [0.1, 0.15) is 34.2 Å². The van der Waals surface area contributed by atoms with Crippen molar-refractivity contribution in [1.82, 2.24) is 9.91 Å². The highest BCUT2D eigenvalue weighted by Crippen LogP contribution is 2.36. The van der Waals surface area contributed by atoms with Gasteiger partial charge in [0.15, 0.2) is 0 Å². The fourth-order valence-corrected chi connectivity index (χ4v) is 4.43. The molecular weight excluding hydrogens is 427 g/mol. The SMILES string of the molecule is CN(CC(=O)N1N=C(c2ccco2)CC1c1cccs1)Cc1ccccc1C(F)(F)F. The summed E-state index contributed by atoms with van der Waals surface area (Å²) in [5.41, 5.74) is 0.105. The number of amides is 1. The molecule has 2 aromatic heterocycles. The van der Waals surface area contributed by atoms with Crippen molar-refractivity contribution in [3.8, 4) is 0 Å². The topological polar surface area (TPSA) is 49.1 Å². The molecule has 1 aliphatic heterocycles. The highest BCUT2D eigenvalue weighted by molar-refractivity contribution is 7.10. The van der Waals surface area contributed by atoms with Crippen LogP contribution in [0.15, 0.2) is 69.7 Å². The molecule has 3 aromatic rings. The maximum absolute atomic E-state index is 13.3. The Morgan fingerprint density at radius 2 is 2.03 bits per heavy atom.